The van der Waals surface area contributed by atoms with Crippen LogP contribution in [0.4, 0.5) is 0 Å². The average Bonchev–Trinajstić information content (AvgIpc) is 2.71. The molecule has 1 fully saturated rings. The molecule has 0 amide bonds. The molecule has 1 atom stereocenters. The van der Waals surface area contributed by atoms with E-state index in [2.05, 4.69) is 23.4 Å². The number of ether oxygens (including phenoxy) is 1. The molecule has 0 saturated carbocycles. The highest BCUT2D eigenvalue weighted by atomic mass is 16.5. The fraction of sp³-hybridized carbons (Fsp3) is 0.786. The number of aryl methyl sites for hydroxylation is 2. The van der Waals surface area contributed by atoms with Gasteiger partial charge < -0.3 is 10.1 Å². The molecule has 0 aromatic carbocycles. The number of rotatable bonds is 5. The van der Waals surface area contributed by atoms with Crippen LogP contribution in [0, 0.1) is 5.41 Å². The quantitative estimate of drug-likeness (QED) is 0.863. The second-order valence-corrected chi connectivity index (χ2v) is 5.47. The molecule has 2 rings (SSSR count). The van der Waals surface area contributed by atoms with Gasteiger partial charge >= 0.3 is 0 Å². The fourth-order valence-corrected chi connectivity index (χ4v) is 2.92. The first-order valence-corrected chi connectivity index (χ1v) is 6.93. The molecule has 0 aliphatic carbocycles. The lowest BCUT2D eigenvalue weighted by molar-refractivity contribution is -0.00713. The van der Waals surface area contributed by atoms with Crippen LogP contribution in [-0.4, -0.2) is 36.6 Å². The van der Waals surface area contributed by atoms with Crippen LogP contribution in [0.2, 0.25) is 0 Å². The van der Waals surface area contributed by atoms with Crippen molar-refractivity contribution < 1.29 is 4.74 Å². The van der Waals surface area contributed by atoms with E-state index in [1.807, 2.05) is 18.8 Å². The Balaban J connectivity index is 2.14. The van der Waals surface area contributed by atoms with Gasteiger partial charge in [0.25, 0.3) is 0 Å². The number of hydrogen-bond acceptors (Lipinski definition) is 3. The van der Waals surface area contributed by atoms with Crippen molar-refractivity contribution in [1.82, 2.24) is 15.1 Å². The van der Waals surface area contributed by atoms with Crippen molar-refractivity contribution in [2.75, 3.05) is 26.8 Å². The van der Waals surface area contributed by atoms with E-state index in [1.165, 1.54) is 24.2 Å². The third-order valence-corrected chi connectivity index (χ3v) is 3.90. The van der Waals surface area contributed by atoms with E-state index >= 15 is 0 Å². The zero-order valence-corrected chi connectivity index (χ0v) is 11.8. The van der Waals surface area contributed by atoms with E-state index in [4.69, 9.17) is 4.74 Å². The second kappa shape index (κ2) is 5.85. The highest BCUT2D eigenvalue weighted by Crippen LogP contribution is 2.32. The Kier molecular flexibility index (Phi) is 4.40. The zero-order valence-electron chi connectivity index (χ0n) is 11.8. The molecule has 1 unspecified atom stereocenters. The summed E-state index contributed by atoms with van der Waals surface area (Å²) in [5.41, 5.74) is 2.75. The van der Waals surface area contributed by atoms with Gasteiger partial charge in [0, 0.05) is 31.3 Å². The minimum atomic E-state index is 0.242. The maximum atomic E-state index is 5.71. The molecule has 1 N–H and O–H groups in total. The van der Waals surface area contributed by atoms with Gasteiger partial charge in [-0.1, -0.05) is 6.92 Å². The molecule has 0 bridgehead atoms. The SMILES string of the molecule is CCc1cc(CC2(CNC)CCCOC2)n(C)n1. The zero-order chi connectivity index (χ0) is 13.0. The number of aromatic nitrogens is 2. The van der Waals surface area contributed by atoms with Gasteiger partial charge in [0.15, 0.2) is 0 Å². The van der Waals surface area contributed by atoms with Crippen molar-refractivity contribution in [3.63, 3.8) is 0 Å². The van der Waals surface area contributed by atoms with Crippen molar-refractivity contribution in [2.24, 2.45) is 12.5 Å². The van der Waals surface area contributed by atoms with Crippen LogP contribution in [0.1, 0.15) is 31.2 Å². The molecule has 18 heavy (non-hydrogen) atoms. The molecule has 1 aliphatic heterocycles. The van der Waals surface area contributed by atoms with Gasteiger partial charge in [-0.3, -0.25) is 4.68 Å². The molecule has 1 saturated heterocycles. The van der Waals surface area contributed by atoms with Crippen LogP contribution in [-0.2, 0) is 24.6 Å². The summed E-state index contributed by atoms with van der Waals surface area (Å²) in [5, 5.41) is 7.87. The van der Waals surface area contributed by atoms with Crippen LogP contribution < -0.4 is 5.32 Å². The van der Waals surface area contributed by atoms with Crippen molar-refractivity contribution in [2.45, 2.75) is 32.6 Å². The van der Waals surface area contributed by atoms with E-state index < -0.39 is 0 Å². The topological polar surface area (TPSA) is 39.1 Å². The van der Waals surface area contributed by atoms with Gasteiger partial charge in [-0.2, -0.15) is 5.10 Å². The Morgan fingerprint density at radius 3 is 2.94 bits per heavy atom. The molecular formula is C14H25N3O. The van der Waals surface area contributed by atoms with E-state index in [1.54, 1.807) is 0 Å². The Hall–Kier alpha value is -0.870. The Labute approximate surface area is 110 Å². The molecular weight excluding hydrogens is 226 g/mol. The molecule has 102 valence electrons. The molecule has 1 aliphatic rings. The molecule has 0 radical (unpaired) electrons. The first kappa shape index (κ1) is 13.6. The normalized spacial score (nSPS) is 24.4. The van der Waals surface area contributed by atoms with Crippen molar-refractivity contribution in [1.29, 1.82) is 0 Å². The first-order valence-electron chi connectivity index (χ1n) is 6.93. The standard InChI is InChI=1S/C14H25N3O/c1-4-12-8-13(17(3)16-12)9-14(10-15-2)6-5-7-18-11-14/h8,15H,4-7,9-11H2,1-3H3. The van der Waals surface area contributed by atoms with Gasteiger partial charge in [-0.25, -0.2) is 0 Å². The monoisotopic (exact) mass is 251 g/mol. The summed E-state index contributed by atoms with van der Waals surface area (Å²) in [6.07, 6.45) is 4.46. The van der Waals surface area contributed by atoms with Gasteiger partial charge in [0.1, 0.15) is 0 Å². The lowest BCUT2D eigenvalue weighted by Crippen LogP contribution is -2.42. The molecule has 1 aromatic rings. The maximum Gasteiger partial charge on any atom is 0.0624 e. The van der Waals surface area contributed by atoms with Crippen LogP contribution >= 0.6 is 0 Å². The van der Waals surface area contributed by atoms with Gasteiger partial charge in [0.05, 0.1) is 12.3 Å². The molecule has 0 spiro atoms. The highest BCUT2D eigenvalue weighted by molar-refractivity contribution is 5.13. The first-order chi connectivity index (χ1) is 8.69. The molecule has 1 aromatic heterocycles. The van der Waals surface area contributed by atoms with Crippen molar-refractivity contribution >= 4 is 0 Å². The third-order valence-electron chi connectivity index (χ3n) is 3.90. The average molecular weight is 251 g/mol. The van der Waals surface area contributed by atoms with Gasteiger partial charge in [0.2, 0.25) is 0 Å². The minimum Gasteiger partial charge on any atom is -0.381 e. The van der Waals surface area contributed by atoms with E-state index in [0.717, 1.165) is 32.6 Å². The summed E-state index contributed by atoms with van der Waals surface area (Å²) in [7, 11) is 4.07. The summed E-state index contributed by atoms with van der Waals surface area (Å²) < 4.78 is 7.75. The predicted octanol–water partition coefficient (Wildman–Crippen LogP) is 1.54. The van der Waals surface area contributed by atoms with Gasteiger partial charge in [-0.15, -0.1) is 0 Å². The summed E-state index contributed by atoms with van der Waals surface area (Å²) in [4.78, 5) is 0. The number of hydrogen-bond donors (Lipinski definition) is 1. The van der Waals surface area contributed by atoms with Crippen LogP contribution in [0.3, 0.4) is 0 Å². The summed E-state index contributed by atoms with van der Waals surface area (Å²) in [6.45, 7) is 4.94. The summed E-state index contributed by atoms with van der Waals surface area (Å²) in [5.74, 6) is 0. The fourth-order valence-electron chi connectivity index (χ4n) is 2.92. The van der Waals surface area contributed by atoms with Crippen molar-refractivity contribution in [3.05, 3.63) is 17.5 Å². The lowest BCUT2D eigenvalue weighted by Gasteiger charge is -2.37. The van der Waals surface area contributed by atoms with E-state index in [-0.39, 0.29) is 5.41 Å². The predicted molar refractivity (Wildman–Crippen MR) is 72.7 cm³/mol. The lowest BCUT2D eigenvalue weighted by atomic mass is 9.78. The van der Waals surface area contributed by atoms with Crippen LogP contribution in [0.5, 0.6) is 0 Å². The molecule has 4 heteroatoms. The minimum absolute atomic E-state index is 0.242. The highest BCUT2D eigenvalue weighted by Gasteiger charge is 2.33. The number of nitrogens with one attached hydrogen (secondary N) is 1. The molecule has 2 heterocycles. The Bertz CT molecular complexity index is 375. The third kappa shape index (κ3) is 2.93. The largest absolute Gasteiger partial charge is 0.381 e. The Morgan fingerprint density at radius 2 is 2.39 bits per heavy atom. The Morgan fingerprint density at radius 1 is 1.56 bits per heavy atom. The maximum absolute atomic E-state index is 5.71. The van der Waals surface area contributed by atoms with Gasteiger partial charge in [-0.05, 0) is 38.8 Å². The summed E-state index contributed by atoms with van der Waals surface area (Å²) in [6, 6.07) is 2.24. The van der Waals surface area contributed by atoms with Crippen LogP contribution in [0.25, 0.3) is 0 Å². The van der Waals surface area contributed by atoms with Crippen LogP contribution in [0.15, 0.2) is 6.07 Å². The van der Waals surface area contributed by atoms with E-state index in [9.17, 15) is 0 Å². The van der Waals surface area contributed by atoms with E-state index in [0.29, 0.717) is 0 Å². The second-order valence-electron chi connectivity index (χ2n) is 5.47. The molecule has 4 nitrogen and oxygen atoms in total. The summed E-state index contributed by atoms with van der Waals surface area (Å²) >= 11 is 0. The number of nitrogens with zero attached hydrogens (tertiary/aromatic N) is 2. The smallest absolute Gasteiger partial charge is 0.0624 e. The van der Waals surface area contributed by atoms with Crippen molar-refractivity contribution in [3.8, 4) is 0 Å².